The average Bonchev–Trinajstić information content (AvgIpc) is 2.14. The molecular formula is C9H20N4. The van der Waals surface area contributed by atoms with Crippen molar-refractivity contribution in [3.05, 3.63) is 11.8 Å². The van der Waals surface area contributed by atoms with Crippen LogP contribution in [0.5, 0.6) is 0 Å². The van der Waals surface area contributed by atoms with E-state index in [1.54, 1.807) is 6.08 Å². The van der Waals surface area contributed by atoms with Gasteiger partial charge in [0, 0.05) is 24.5 Å². The van der Waals surface area contributed by atoms with Gasteiger partial charge >= 0.3 is 0 Å². The van der Waals surface area contributed by atoms with E-state index in [2.05, 4.69) is 5.32 Å². The fourth-order valence-corrected chi connectivity index (χ4v) is 1.00. The zero-order valence-electron chi connectivity index (χ0n) is 8.27. The Kier molecular flexibility index (Phi) is 7.24. The maximum atomic E-state index is 7.41. The van der Waals surface area contributed by atoms with Gasteiger partial charge in [-0.1, -0.05) is 0 Å². The Balaban J connectivity index is 4.05. The molecule has 0 unspecified atom stereocenters. The first-order valence-electron chi connectivity index (χ1n) is 4.66. The molecule has 0 amide bonds. The molecule has 4 heteroatoms. The summed E-state index contributed by atoms with van der Waals surface area (Å²) in [6.07, 6.45) is 3.63. The molecule has 0 aromatic rings. The quantitative estimate of drug-likeness (QED) is 0.426. The molecule has 0 spiro atoms. The first-order chi connectivity index (χ1) is 6.24. The molecule has 0 aliphatic carbocycles. The van der Waals surface area contributed by atoms with E-state index < -0.39 is 0 Å². The Bertz CT molecular complexity index is 174. The van der Waals surface area contributed by atoms with Gasteiger partial charge < -0.3 is 22.2 Å². The van der Waals surface area contributed by atoms with Crippen molar-refractivity contribution in [2.24, 2.45) is 11.5 Å². The van der Waals surface area contributed by atoms with Crippen LogP contribution in [0.2, 0.25) is 0 Å². The highest BCUT2D eigenvalue weighted by Gasteiger charge is 1.96. The normalized spacial score (nSPS) is 11.5. The van der Waals surface area contributed by atoms with E-state index in [0.29, 0.717) is 12.3 Å². The maximum Gasteiger partial charge on any atom is 0.0467 e. The molecule has 0 fully saturated rings. The molecule has 6 N–H and O–H groups in total. The zero-order valence-corrected chi connectivity index (χ0v) is 8.27. The Labute approximate surface area is 79.9 Å². The van der Waals surface area contributed by atoms with Gasteiger partial charge in [0.15, 0.2) is 0 Å². The van der Waals surface area contributed by atoms with Crippen LogP contribution in [0.1, 0.15) is 19.8 Å². The van der Waals surface area contributed by atoms with Crippen LogP contribution in [0.25, 0.3) is 0 Å². The largest absolute Gasteiger partial charge is 0.389 e. The lowest BCUT2D eigenvalue weighted by molar-refractivity contribution is 0.735. The Morgan fingerprint density at radius 1 is 1.46 bits per heavy atom. The molecule has 0 saturated heterocycles. The topological polar surface area (TPSA) is 87.9 Å². The van der Waals surface area contributed by atoms with E-state index in [0.717, 1.165) is 25.1 Å². The SMILES string of the molecule is CCN/C(=C\C(=N)CN)CCCN. The molecule has 4 nitrogen and oxygen atoms in total. The molecule has 0 aromatic carbocycles. The van der Waals surface area contributed by atoms with E-state index in [9.17, 15) is 0 Å². The summed E-state index contributed by atoms with van der Waals surface area (Å²) in [5.74, 6) is 0. The standard InChI is InChI=1S/C9H20N4/c1-2-13-9(4-3-5-10)6-8(12)7-11/h6,12-13H,2-5,7,10-11H2,1H3/b9-6-,12-8?. The van der Waals surface area contributed by atoms with Crippen molar-refractivity contribution >= 4 is 5.71 Å². The predicted molar refractivity (Wildman–Crippen MR) is 56.8 cm³/mol. The maximum absolute atomic E-state index is 7.41. The van der Waals surface area contributed by atoms with Gasteiger partial charge in [0.1, 0.15) is 0 Å². The van der Waals surface area contributed by atoms with Gasteiger partial charge in [-0.2, -0.15) is 0 Å². The molecule has 13 heavy (non-hydrogen) atoms. The molecule has 0 aliphatic heterocycles. The van der Waals surface area contributed by atoms with Gasteiger partial charge in [-0.3, -0.25) is 0 Å². The number of hydrogen-bond acceptors (Lipinski definition) is 4. The van der Waals surface area contributed by atoms with Crippen molar-refractivity contribution < 1.29 is 0 Å². The van der Waals surface area contributed by atoms with E-state index in [1.165, 1.54) is 0 Å². The first-order valence-corrected chi connectivity index (χ1v) is 4.66. The fourth-order valence-electron chi connectivity index (χ4n) is 1.00. The number of hydrogen-bond donors (Lipinski definition) is 4. The van der Waals surface area contributed by atoms with Crippen molar-refractivity contribution in [2.75, 3.05) is 19.6 Å². The summed E-state index contributed by atoms with van der Waals surface area (Å²) in [6, 6.07) is 0. The van der Waals surface area contributed by atoms with Gasteiger partial charge in [0.05, 0.1) is 0 Å². The summed E-state index contributed by atoms with van der Waals surface area (Å²) < 4.78 is 0. The van der Waals surface area contributed by atoms with Gasteiger partial charge in [0.2, 0.25) is 0 Å². The second-order valence-corrected chi connectivity index (χ2v) is 2.82. The third kappa shape index (κ3) is 6.31. The van der Waals surface area contributed by atoms with Gasteiger partial charge in [-0.05, 0) is 32.4 Å². The number of nitrogens with one attached hydrogen (secondary N) is 2. The third-order valence-electron chi connectivity index (χ3n) is 1.62. The van der Waals surface area contributed by atoms with E-state index in [1.807, 2.05) is 6.92 Å². The Morgan fingerprint density at radius 3 is 2.62 bits per heavy atom. The molecule has 0 aliphatic rings. The lowest BCUT2D eigenvalue weighted by Gasteiger charge is -2.08. The minimum atomic E-state index is 0.289. The highest BCUT2D eigenvalue weighted by molar-refractivity contribution is 5.94. The molecule has 0 aromatic heterocycles. The van der Waals surface area contributed by atoms with Crippen LogP contribution in [-0.4, -0.2) is 25.3 Å². The Hall–Kier alpha value is -0.870. The van der Waals surface area contributed by atoms with Crippen molar-refractivity contribution in [3.63, 3.8) is 0 Å². The van der Waals surface area contributed by atoms with Gasteiger partial charge in [-0.25, -0.2) is 0 Å². The summed E-state index contributed by atoms with van der Waals surface area (Å²) in [5.41, 5.74) is 12.2. The van der Waals surface area contributed by atoms with Crippen molar-refractivity contribution in [3.8, 4) is 0 Å². The molecule has 0 saturated carbocycles. The highest BCUT2D eigenvalue weighted by atomic mass is 14.9. The number of nitrogens with two attached hydrogens (primary N) is 2. The minimum absolute atomic E-state index is 0.289. The minimum Gasteiger partial charge on any atom is -0.389 e. The molecule has 76 valence electrons. The van der Waals surface area contributed by atoms with E-state index in [4.69, 9.17) is 16.9 Å². The molecule has 0 bridgehead atoms. The van der Waals surface area contributed by atoms with Gasteiger partial charge in [-0.15, -0.1) is 0 Å². The van der Waals surface area contributed by atoms with Crippen molar-refractivity contribution in [1.29, 1.82) is 5.41 Å². The summed E-state index contributed by atoms with van der Waals surface area (Å²) in [6.45, 7) is 3.87. The fraction of sp³-hybridized carbons (Fsp3) is 0.667. The second-order valence-electron chi connectivity index (χ2n) is 2.82. The summed E-state index contributed by atoms with van der Waals surface area (Å²) in [7, 11) is 0. The van der Waals surface area contributed by atoms with Crippen molar-refractivity contribution in [2.45, 2.75) is 19.8 Å². The third-order valence-corrected chi connectivity index (χ3v) is 1.62. The monoisotopic (exact) mass is 184 g/mol. The molecular weight excluding hydrogens is 164 g/mol. The highest BCUT2D eigenvalue weighted by Crippen LogP contribution is 2.00. The predicted octanol–water partition coefficient (Wildman–Crippen LogP) is 0.197. The number of rotatable bonds is 7. The lowest BCUT2D eigenvalue weighted by Crippen LogP contribution is -2.17. The average molecular weight is 184 g/mol. The Morgan fingerprint density at radius 2 is 2.15 bits per heavy atom. The van der Waals surface area contributed by atoms with Crippen LogP contribution < -0.4 is 16.8 Å². The van der Waals surface area contributed by atoms with Crippen LogP contribution in [0.4, 0.5) is 0 Å². The summed E-state index contributed by atoms with van der Waals surface area (Å²) in [5, 5.41) is 10.6. The van der Waals surface area contributed by atoms with E-state index in [-0.39, 0.29) is 6.54 Å². The van der Waals surface area contributed by atoms with Crippen LogP contribution in [-0.2, 0) is 0 Å². The van der Waals surface area contributed by atoms with Gasteiger partial charge in [0.25, 0.3) is 0 Å². The summed E-state index contributed by atoms with van der Waals surface area (Å²) in [4.78, 5) is 0. The molecule has 0 rings (SSSR count). The lowest BCUT2D eigenvalue weighted by atomic mass is 10.2. The van der Waals surface area contributed by atoms with Crippen LogP contribution in [0.3, 0.4) is 0 Å². The number of allylic oxidation sites excluding steroid dienone is 1. The van der Waals surface area contributed by atoms with Crippen LogP contribution in [0.15, 0.2) is 11.8 Å². The summed E-state index contributed by atoms with van der Waals surface area (Å²) >= 11 is 0. The molecule has 0 heterocycles. The second kappa shape index (κ2) is 7.76. The van der Waals surface area contributed by atoms with E-state index >= 15 is 0 Å². The first kappa shape index (κ1) is 12.1. The van der Waals surface area contributed by atoms with Crippen molar-refractivity contribution in [1.82, 2.24) is 5.32 Å². The molecule has 0 radical (unpaired) electrons. The zero-order chi connectivity index (χ0) is 10.1. The van der Waals surface area contributed by atoms with Crippen LogP contribution in [0, 0.1) is 5.41 Å². The van der Waals surface area contributed by atoms with Crippen LogP contribution >= 0.6 is 0 Å². The smallest absolute Gasteiger partial charge is 0.0467 e. The molecule has 0 atom stereocenters.